The summed E-state index contributed by atoms with van der Waals surface area (Å²) in [4.78, 5) is 23.8. The number of ether oxygens (including phenoxy) is 1. The third-order valence-corrected chi connectivity index (χ3v) is 3.73. The molecule has 0 aliphatic carbocycles. The highest BCUT2D eigenvalue weighted by Gasteiger charge is 2.15. The van der Waals surface area contributed by atoms with E-state index in [1.165, 1.54) is 11.3 Å². The molecule has 0 unspecified atom stereocenters. The highest BCUT2D eigenvalue weighted by Crippen LogP contribution is 2.31. The van der Waals surface area contributed by atoms with Crippen molar-refractivity contribution in [2.75, 3.05) is 11.9 Å². The van der Waals surface area contributed by atoms with E-state index >= 15 is 0 Å². The number of esters is 1. The largest absolute Gasteiger partial charge is 0.466 e. The van der Waals surface area contributed by atoms with E-state index in [1.54, 1.807) is 6.92 Å². The lowest BCUT2D eigenvalue weighted by molar-refractivity contribution is -0.144. The summed E-state index contributed by atoms with van der Waals surface area (Å²) in [7, 11) is 0. The van der Waals surface area contributed by atoms with Gasteiger partial charge in [0.15, 0.2) is 0 Å². The van der Waals surface area contributed by atoms with Crippen molar-refractivity contribution in [3.05, 3.63) is 16.0 Å². The number of thiophene rings is 1. The van der Waals surface area contributed by atoms with Crippen molar-refractivity contribution in [3.63, 3.8) is 0 Å². The second kappa shape index (κ2) is 6.90. The van der Waals surface area contributed by atoms with Gasteiger partial charge in [-0.2, -0.15) is 5.26 Å². The van der Waals surface area contributed by atoms with Crippen molar-refractivity contribution in [1.82, 2.24) is 0 Å². The van der Waals surface area contributed by atoms with Crippen molar-refractivity contribution < 1.29 is 14.3 Å². The predicted molar refractivity (Wildman–Crippen MR) is 73.0 cm³/mol. The number of nitriles is 1. The Bertz CT molecular complexity index is 529. The third kappa shape index (κ3) is 4.07. The second-order valence-electron chi connectivity index (χ2n) is 3.95. The number of aryl methyl sites for hydroxylation is 1. The molecule has 0 aliphatic rings. The smallest absolute Gasteiger partial charge is 0.306 e. The van der Waals surface area contributed by atoms with Crippen LogP contribution in [0.15, 0.2) is 0 Å². The molecule has 0 saturated heterocycles. The molecule has 102 valence electrons. The molecular weight excluding hydrogens is 264 g/mol. The first-order chi connectivity index (χ1) is 8.99. The molecule has 5 nitrogen and oxygen atoms in total. The maximum atomic E-state index is 11.7. The standard InChI is InChI=1S/C13H16N2O3S/c1-4-18-12(17)6-5-11(16)15-13-10(7-14)8(2)9(3)19-13/h4-6H2,1-3H3,(H,15,16). The molecule has 19 heavy (non-hydrogen) atoms. The summed E-state index contributed by atoms with van der Waals surface area (Å²) in [5, 5.41) is 12.3. The minimum Gasteiger partial charge on any atom is -0.466 e. The summed E-state index contributed by atoms with van der Waals surface area (Å²) in [6, 6.07) is 2.08. The summed E-state index contributed by atoms with van der Waals surface area (Å²) in [5.41, 5.74) is 1.38. The first-order valence-corrected chi connectivity index (χ1v) is 6.76. The van der Waals surface area contributed by atoms with E-state index in [0.717, 1.165) is 10.4 Å². The lowest BCUT2D eigenvalue weighted by Gasteiger charge is -2.03. The van der Waals surface area contributed by atoms with E-state index in [4.69, 9.17) is 10.00 Å². The van der Waals surface area contributed by atoms with Crippen LogP contribution in [0.25, 0.3) is 0 Å². The summed E-state index contributed by atoms with van der Waals surface area (Å²) < 4.78 is 4.74. The quantitative estimate of drug-likeness (QED) is 0.840. The molecular formula is C13H16N2O3S. The van der Waals surface area contributed by atoms with Gasteiger partial charge in [0.1, 0.15) is 11.1 Å². The topological polar surface area (TPSA) is 79.2 Å². The molecule has 0 saturated carbocycles. The van der Waals surface area contributed by atoms with Crippen LogP contribution in [0.1, 0.15) is 35.8 Å². The van der Waals surface area contributed by atoms with Crippen LogP contribution >= 0.6 is 11.3 Å². The fourth-order valence-electron chi connectivity index (χ4n) is 1.49. The van der Waals surface area contributed by atoms with Gasteiger partial charge in [-0.15, -0.1) is 11.3 Å². The summed E-state index contributed by atoms with van der Waals surface area (Å²) in [6.07, 6.45) is 0.102. The van der Waals surface area contributed by atoms with Gasteiger partial charge in [-0.3, -0.25) is 9.59 Å². The third-order valence-electron chi connectivity index (χ3n) is 2.61. The van der Waals surface area contributed by atoms with Gasteiger partial charge in [-0.05, 0) is 26.3 Å². The summed E-state index contributed by atoms with van der Waals surface area (Å²) in [5.74, 6) is -0.678. The molecule has 1 aromatic heterocycles. The molecule has 0 fully saturated rings. The first kappa shape index (κ1) is 15.2. The van der Waals surface area contributed by atoms with E-state index in [9.17, 15) is 9.59 Å². The van der Waals surface area contributed by atoms with Crippen molar-refractivity contribution in [2.45, 2.75) is 33.6 Å². The van der Waals surface area contributed by atoms with Crippen molar-refractivity contribution in [2.24, 2.45) is 0 Å². The van der Waals surface area contributed by atoms with Crippen LogP contribution in [0.5, 0.6) is 0 Å². The Morgan fingerprint density at radius 2 is 2.05 bits per heavy atom. The Balaban J connectivity index is 2.61. The first-order valence-electron chi connectivity index (χ1n) is 5.95. The number of hydrogen-bond donors (Lipinski definition) is 1. The molecule has 1 heterocycles. The fraction of sp³-hybridized carbons (Fsp3) is 0.462. The number of hydrogen-bond acceptors (Lipinski definition) is 5. The van der Waals surface area contributed by atoms with E-state index in [2.05, 4.69) is 11.4 Å². The molecule has 1 amide bonds. The van der Waals surface area contributed by atoms with Crippen LogP contribution in [0.2, 0.25) is 0 Å². The van der Waals surface area contributed by atoms with Crippen LogP contribution < -0.4 is 5.32 Å². The van der Waals surface area contributed by atoms with E-state index in [0.29, 0.717) is 17.2 Å². The normalized spacial score (nSPS) is 9.79. The molecule has 0 spiro atoms. The van der Waals surface area contributed by atoms with Crippen LogP contribution in [0.4, 0.5) is 5.00 Å². The van der Waals surface area contributed by atoms with Crippen LogP contribution in [-0.2, 0) is 14.3 Å². The number of rotatable bonds is 5. The maximum absolute atomic E-state index is 11.7. The van der Waals surface area contributed by atoms with Crippen LogP contribution in [-0.4, -0.2) is 18.5 Å². The summed E-state index contributed by atoms with van der Waals surface area (Å²) in [6.45, 7) is 5.77. The minimum atomic E-state index is -0.392. The van der Waals surface area contributed by atoms with Gasteiger partial charge < -0.3 is 10.1 Å². The highest BCUT2D eigenvalue weighted by atomic mass is 32.1. The second-order valence-corrected chi connectivity index (χ2v) is 5.18. The zero-order valence-corrected chi connectivity index (χ0v) is 12.0. The van der Waals surface area contributed by atoms with Gasteiger partial charge in [0.05, 0.1) is 18.6 Å². The van der Waals surface area contributed by atoms with Crippen molar-refractivity contribution >= 4 is 28.2 Å². The monoisotopic (exact) mass is 280 g/mol. The lowest BCUT2D eigenvalue weighted by Crippen LogP contribution is -2.14. The number of carbonyl (C=O) groups is 2. The Morgan fingerprint density at radius 3 is 2.63 bits per heavy atom. The molecule has 0 radical (unpaired) electrons. The average Bonchev–Trinajstić information content (AvgIpc) is 2.62. The van der Waals surface area contributed by atoms with E-state index < -0.39 is 5.97 Å². The molecule has 1 N–H and O–H groups in total. The molecule has 0 aromatic carbocycles. The Morgan fingerprint density at radius 1 is 1.37 bits per heavy atom. The fourth-order valence-corrected chi connectivity index (χ4v) is 2.51. The van der Waals surface area contributed by atoms with Crippen molar-refractivity contribution in [3.8, 4) is 6.07 Å². The molecule has 6 heteroatoms. The van der Waals surface area contributed by atoms with Gasteiger partial charge in [0.2, 0.25) is 5.91 Å². The number of nitrogens with one attached hydrogen (secondary N) is 1. The van der Waals surface area contributed by atoms with Crippen LogP contribution in [0, 0.1) is 25.2 Å². The van der Waals surface area contributed by atoms with Gasteiger partial charge >= 0.3 is 5.97 Å². The SMILES string of the molecule is CCOC(=O)CCC(=O)Nc1sc(C)c(C)c1C#N. The summed E-state index contributed by atoms with van der Waals surface area (Å²) >= 11 is 1.37. The van der Waals surface area contributed by atoms with Crippen molar-refractivity contribution in [1.29, 1.82) is 5.26 Å². The number of nitrogens with zero attached hydrogens (tertiary/aromatic N) is 1. The molecule has 0 aliphatic heterocycles. The number of amides is 1. The molecule has 1 aromatic rings. The number of anilines is 1. The number of carbonyl (C=O) groups excluding carboxylic acids is 2. The van der Waals surface area contributed by atoms with Gasteiger partial charge in [0, 0.05) is 11.3 Å². The predicted octanol–water partition coefficient (Wildman–Crippen LogP) is 2.52. The van der Waals surface area contributed by atoms with Gasteiger partial charge in [0.25, 0.3) is 0 Å². The highest BCUT2D eigenvalue weighted by molar-refractivity contribution is 7.16. The van der Waals surface area contributed by atoms with E-state index in [1.807, 2.05) is 13.8 Å². The van der Waals surface area contributed by atoms with E-state index in [-0.39, 0.29) is 18.7 Å². The molecule has 1 rings (SSSR count). The Labute approximate surface area is 116 Å². The zero-order valence-electron chi connectivity index (χ0n) is 11.2. The lowest BCUT2D eigenvalue weighted by atomic mass is 10.2. The Kier molecular flexibility index (Phi) is 5.52. The van der Waals surface area contributed by atoms with Gasteiger partial charge in [-0.25, -0.2) is 0 Å². The Hall–Kier alpha value is -1.87. The van der Waals surface area contributed by atoms with Gasteiger partial charge in [-0.1, -0.05) is 0 Å². The molecule has 0 atom stereocenters. The zero-order chi connectivity index (χ0) is 14.4. The minimum absolute atomic E-state index is 0.0465. The molecule has 0 bridgehead atoms. The average molecular weight is 280 g/mol. The van der Waals surface area contributed by atoms with Crippen LogP contribution in [0.3, 0.4) is 0 Å². The maximum Gasteiger partial charge on any atom is 0.306 e.